The lowest BCUT2D eigenvalue weighted by Gasteiger charge is -2.25. The fraction of sp³-hybridized carbons (Fsp3) is 1.00. The Morgan fingerprint density at radius 2 is 2.00 bits per heavy atom. The number of aliphatic hydroxyl groups excluding tert-OH is 2. The summed E-state index contributed by atoms with van der Waals surface area (Å²) in [5.41, 5.74) is -0.0555. The molecule has 2 N–H and O–H groups in total. The first-order chi connectivity index (χ1) is 6.05. The van der Waals surface area contributed by atoms with Crippen LogP contribution in [0.1, 0.15) is 20.3 Å². The van der Waals surface area contributed by atoms with Gasteiger partial charge in [-0.1, -0.05) is 13.8 Å². The minimum absolute atomic E-state index is 0.0555. The molecule has 0 spiro atoms. The Morgan fingerprint density at radius 3 is 2.31 bits per heavy atom. The Kier molecular flexibility index (Phi) is 1.95. The molecule has 0 aromatic rings. The van der Waals surface area contributed by atoms with Crippen molar-refractivity contribution in [1.29, 1.82) is 0 Å². The maximum atomic E-state index is 9.90. The molecule has 76 valence electrons. The molecule has 0 radical (unpaired) electrons. The van der Waals surface area contributed by atoms with E-state index in [-0.39, 0.29) is 11.5 Å². The fourth-order valence-electron chi connectivity index (χ4n) is 3.13. The summed E-state index contributed by atoms with van der Waals surface area (Å²) in [5.74, 6) is 0.782. The van der Waals surface area contributed by atoms with E-state index in [1.807, 2.05) is 0 Å². The average molecular weight is 186 g/mol. The Hall–Kier alpha value is -0.120. The molecule has 0 unspecified atom stereocenters. The van der Waals surface area contributed by atoms with E-state index in [0.717, 1.165) is 6.42 Å². The van der Waals surface area contributed by atoms with Crippen LogP contribution in [0.2, 0.25) is 0 Å². The highest BCUT2D eigenvalue weighted by atomic mass is 16.5. The standard InChI is InChI=1S/C10H18O3/c1-5(2)10-4-6(10)8(13-3)7(11)9(10)12/h5-9,11-12H,4H2,1-3H3/t6-,7-,8+,9+,10+/m0/s1. The predicted octanol–water partition coefficient (Wildman–Crippen LogP) is 0.399. The number of methoxy groups -OCH3 is 1. The van der Waals surface area contributed by atoms with E-state index in [1.54, 1.807) is 7.11 Å². The van der Waals surface area contributed by atoms with Gasteiger partial charge in [0.15, 0.2) is 0 Å². The van der Waals surface area contributed by atoms with Crippen molar-refractivity contribution in [1.82, 2.24) is 0 Å². The summed E-state index contributed by atoms with van der Waals surface area (Å²) in [6.45, 7) is 4.21. The highest BCUT2D eigenvalue weighted by Crippen LogP contribution is 2.67. The number of hydrogen-bond acceptors (Lipinski definition) is 3. The van der Waals surface area contributed by atoms with Gasteiger partial charge in [0.1, 0.15) is 6.10 Å². The van der Waals surface area contributed by atoms with E-state index in [1.165, 1.54) is 0 Å². The van der Waals surface area contributed by atoms with Gasteiger partial charge < -0.3 is 14.9 Å². The van der Waals surface area contributed by atoms with Gasteiger partial charge in [0.05, 0.1) is 12.2 Å². The van der Waals surface area contributed by atoms with Crippen molar-refractivity contribution in [3.05, 3.63) is 0 Å². The molecule has 0 heterocycles. The van der Waals surface area contributed by atoms with Gasteiger partial charge in [-0.3, -0.25) is 0 Å². The van der Waals surface area contributed by atoms with Crippen LogP contribution in [0.25, 0.3) is 0 Å². The lowest BCUT2D eigenvalue weighted by molar-refractivity contribution is -0.0682. The van der Waals surface area contributed by atoms with Crippen LogP contribution < -0.4 is 0 Å². The van der Waals surface area contributed by atoms with Crippen LogP contribution >= 0.6 is 0 Å². The van der Waals surface area contributed by atoms with Gasteiger partial charge >= 0.3 is 0 Å². The summed E-state index contributed by atoms with van der Waals surface area (Å²) in [4.78, 5) is 0. The first kappa shape index (κ1) is 9.44. The van der Waals surface area contributed by atoms with Crippen molar-refractivity contribution in [2.75, 3.05) is 7.11 Å². The number of rotatable bonds is 2. The van der Waals surface area contributed by atoms with Crippen molar-refractivity contribution in [3.8, 4) is 0 Å². The summed E-state index contributed by atoms with van der Waals surface area (Å²) in [7, 11) is 1.61. The number of aliphatic hydroxyl groups is 2. The smallest absolute Gasteiger partial charge is 0.107 e. The molecule has 2 fully saturated rings. The van der Waals surface area contributed by atoms with Gasteiger partial charge in [0.25, 0.3) is 0 Å². The van der Waals surface area contributed by atoms with E-state index in [4.69, 9.17) is 4.74 Å². The third-order valence-corrected chi connectivity index (χ3v) is 4.06. The Bertz CT molecular complexity index is 216. The molecule has 2 aliphatic rings. The van der Waals surface area contributed by atoms with E-state index in [9.17, 15) is 10.2 Å². The molecule has 3 heteroatoms. The van der Waals surface area contributed by atoms with E-state index in [2.05, 4.69) is 13.8 Å². The molecular formula is C10H18O3. The first-order valence-corrected chi connectivity index (χ1v) is 4.94. The highest BCUT2D eigenvalue weighted by molar-refractivity contribution is 5.20. The quantitative estimate of drug-likeness (QED) is 0.656. The predicted molar refractivity (Wildman–Crippen MR) is 48.2 cm³/mol. The van der Waals surface area contributed by atoms with Crippen LogP contribution in [-0.4, -0.2) is 35.6 Å². The minimum atomic E-state index is -0.689. The molecule has 0 bridgehead atoms. The topological polar surface area (TPSA) is 49.7 Å². The Morgan fingerprint density at radius 1 is 1.38 bits per heavy atom. The van der Waals surface area contributed by atoms with Gasteiger partial charge in [-0.2, -0.15) is 0 Å². The zero-order chi connectivity index (χ0) is 9.80. The van der Waals surface area contributed by atoms with Crippen molar-refractivity contribution in [2.24, 2.45) is 17.3 Å². The van der Waals surface area contributed by atoms with Crippen LogP contribution in [0.3, 0.4) is 0 Å². The number of ether oxygens (including phenoxy) is 1. The molecular weight excluding hydrogens is 168 g/mol. The van der Waals surface area contributed by atoms with E-state index in [0.29, 0.717) is 11.8 Å². The van der Waals surface area contributed by atoms with Crippen molar-refractivity contribution >= 4 is 0 Å². The van der Waals surface area contributed by atoms with E-state index < -0.39 is 12.2 Å². The second kappa shape index (κ2) is 2.69. The SMILES string of the molecule is CO[C@H]1[C@H](O)[C@@H](O)[C@@]2(C(C)C)C[C@@H]12. The van der Waals surface area contributed by atoms with Gasteiger partial charge in [-0.25, -0.2) is 0 Å². The van der Waals surface area contributed by atoms with Crippen LogP contribution in [0.5, 0.6) is 0 Å². The highest BCUT2D eigenvalue weighted by Gasteiger charge is 2.72. The van der Waals surface area contributed by atoms with Crippen molar-refractivity contribution in [2.45, 2.75) is 38.6 Å². The third-order valence-electron chi connectivity index (χ3n) is 4.06. The maximum Gasteiger partial charge on any atom is 0.107 e. The molecule has 2 saturated carbocycles. The molecule has 13 heavy (non-hydrogen) atoms. The molecule has 0 saturated heterocycles. The van der Waals surface area contributed by atoms with Gasteiger partial charge in [-0.05, 0) is 18.3 Å². The van der Waals surface area contributed by atoms with Crippen LogP contribution in [0.4, 0.5) is 0 Å². The normalized spacial score (nSPS) is 54.0. The average Bonchev–Trinajstić information content (AvgIpc) is 2.76. The summed E-state index contributed by atoms with van der Waals surface area (Å²) in [6.07, 6.45) is -0.438. The lowest BCUT2D eigenvalue weighted by atomic mass is 9.87. The monoisotopic (exact) mass is 186 g/mol. The Balaban J connectivity index is 2.21. The molecule has 2 rings (SSSR count). The molecule has 5 atom stereocenters. The summed E-state index contributed by atoms with van der Waals surface area (Å²) < 4.78 is 5.21. The molecule has 0 aliphatic heterocycles. The van der Waals surface area contributed by atoms with Crippen molar-refractivity contribution in [3.63, 3.8) is 0 Å². The summed E-state index contributed by atoms with van der Waals surface area (Å²) in [5, 5.41) is 19.6. The number of fused-ring (bicyclic) bond motifs is 1. The molecule has 2 aliphatic carbocycles. The molecule has 3 nitrogen and oxygen atoms in total. The van der Waals surface area contributed by atoms with Crippen molar-refractivity contribution < 1.29 is 14.9 Å². The molecule has 0 aromatic carbocycles. The second-order valence-electron chi connectivity index (χ2n) is 4.71. The Labute approximate surface area is 78.7 Å². The summed E-state index contributed by atoms with van der Waals surface area (Å²) in [6, 6.07) is 0. The van der Waals surface area contributed by atoms with Gasteiger partial charge in [-0.15, -0.1) is 0 Å². The zero-order valence-electron chi connectivity index (χ0n) is 8.40. The second-order valence-corrected chi connectivity index (χ2v) is 4.71. The third kappa shape index (κ3) is 0.953. The van der Waals surface area contributed by atoms with Gasteiger partial charge in [0, 0.05) is 12.5 Å². The summed E-state index contributed by atoms with van der Waals surface area (Å²) >= 11 is 0. The largest absolute Gasteiger partial charge is 0.390 e. The molecule has 0 aromatic heterocycles. The fourth-order valence-corrected chi connectivity index (χ4v) is 3.13. The lowest BCUT2D eigenvalue weighted by Crippen LogP contribution is -2.37. The van der Waals surface area contributed by atoms with Gasteiger partial charge in [0.2, 0.25) is 0 Å². The maximum absolute atomic E-state index is 9.90. The first-order valence-electron chi connectivity index (χ1n) is 4.94. The van der Waals surface area contributed by atoms with Crippen LogP contribution in [0, 0.1) is 17.3 Å². The zero-order valence-corrected chi connectivity index (χ0v) is 8.40. The van der Waals surface area contributed by atoms with Crippen LogP contribution in [-0.2, 0) is 4.74 Å². The molecule has 0 amide bonds. The number of hydrogen-bond donors (Lipinski definition) is 2. The van der Waals surface area contributed by atoms with Crippen LogP contribution in [0.15, 0.2) is 0 Å². The van der Waals surface area contributed by atoms with E-state index >= 15 is 0 Å². The minimum Gasteiger partial charge on any atom is -0.390 e.